The highest BCUT2D eigenvalue weighted by molar-refractivity contribution is 6.01. The summed E-state index contributed by atoms with van der Waals surface area (Å²) in [6.45, 7) is 0. The molecule has 21 heavy (non-hydrogen) atoms. The van der Waals surface area contributed by atoms with E-state index in [1.807, 2.05) is 0 Å². The van der Waals surface area contributed by atoms with E-state index in [0.717, 1.165) is 19.3 Å². The van der Waals surface area contributed by atoms with Gasteiger partial charge in [-0.15, -0.1) is 0 Å². The summed E-state index contributed by atoms with van der Waals surface area (Å²) in [7, 11) is 1.54. The summed E-state index contributed by atoms with van der Waals surface area (Å²) < 4.78 is 0. The third kappa shape index (κ3) is 3.30. The molecule has 2 rings (SSSR count). The molecule has 0 spiro atoms. The predicted octanol–water partition coefficient (Wildman–Crippen LogP) is 1.67. The van der Waals surface area contributed by atoms with Crippen LogP contribution in [0.5, 0.6) is 0 Å². The number of anilines is 1. The molecule has 1 saturated carbocycles. The Morgan fingerprint density at radius 1 is 1.38 bits per heavy atom. The largest absolute Gasteiger partial charge is 0.391 e. The number of rotatable bonds is 4. The van der Waals surface area contributed by atoms with Crippen molar-refractivity contribution < 1.29 is 14.8 Å². The minimum absolute atomic E-state index is 0.144. The maximum absolute atomic E-state index is 12.3. The fourth-order valence-electron chi connectivity index (χ4n) is 2.67. The lowest BCUT2D eigenvalue weighted by molar-refractivity contribution is -0.384. The Bertz CT molecular complexity index is 547. The number of carbonyl (C=O) groups excluding carboxylic acids is 1. The molecule has 1 amide bonds. The van der Waals surface area contributed by atoms with Crippen LogP contribution in [0.15, 0.2) is 18.2 Å². The van der Waals surface area contributed by atoms with Crippen LogP contribution in [-0.4, -0.2) is 35.1 Å². The molecule has 7 nitrogen and oxygen atoms in total. The second-order valence-corrected chi connectivity index (χ2v) is 5.14. The minimum atomic E-state index is -0.556. The van der Waals surface area contributed by atoms with Crippen LogP contribution in [0.25, 0.3) is 0 Å². The molecule has 2 unspecified atom stereocenters. The summed E-state index contributed by atoms with van der Waals surface area (Å²) in [5, 5.41) is 26.4. The third-order valence-corrected chi connectivity index (χ3v) is 3.78. The topological polar surface area (TPSA) is 104 Å². The van der Waals surface area contributed by atoms with Crippen LogP contribution in [0.2, 0.25) is 0 Å². The van der Waals surface area contributed by atoms with Crippen LogP contribution in [0.4, 0.5) is 11.4 Å². The highest BCUT2D eigenvalue weighted by Gasteiger charge is 2.27. The van der Waals surface area contributed by atoms with Gasteiger partial charge in [0.05, 0.1) is 22.6 Å². The van der Waals surface area contributed by atoms with Gasteiger partial charge in [0.1, 0.15) is 5.69 Å². The molecule has 1 fully saturated rings. The zero-order valence-electron chi connectivity index (χ0n) is 11.8. The summed E-state index contributed by atoms with van der Waals surface area (Å²) in [4.78, 5) is 22.8. The molecular weight excluding hydrogens is 274 g/mol. The summed E-state index contributed by atoms with van der Waals surface area (Å²) in [5.74, 6) is -0.408. The van der Waals surface area contributed by atoms with Gasteiger partial charge >= 0.3 is 0 Å². The highest BCUT2D eigenvalue weighted by atomic mass is 16.6. The molecular formula is C14H19N3O4. The molecule has 1 aliphatic carbocycles. The smallest absolute Gasteiger partial charge is 0.293 e. The van der Waals surface area contributed by atoms with Gasteiger partial charge in [0.2, 0.25) is 0 Å². The lowest BCUT2D eigenvalue weighted by atomic mass is 9.92. The summed E-state index contributed by atoms with van der Waals surface area (Å²) >= 11 is 0. The third-order valence-electron chi connectivity index (χ3n) is 3.78. The number of carbonyl (C=O) groups is 1. The standard InChI is InChI=1S/C14H19N3O4/c1-15-13-9(5-4-7-11(13)17(20)21)14(19)16-10-6-2-3-8-12(10)18/h4-5,7,10,12,15,18H,2-3,6,8H2,1H3,(H,16,19). The number of hydrogen-bond acceptors (Lipinski definition) is 5. The first kappa shape index (κ1) is 15.2. The number of nitrogens with zero attached hydrogens (tertiary/aromatic N) is 1. The van der Waals surface area contributed by atoms with Crippen LogP contribution >= 0.6 is 0 Å². The Hall–Kier alpha value is -2.15. The van der Waals surface area contributed by atoms with E-state index in [-0.39, 0.29) is 23.0 Å². The molecule has 1 aromatic rings. The van der Waals surface area contributed by atoms with Crippen molar-refractivity contribution in [2.24, 2.45) is 0 Å². The van der Waals surface area contributed by atoms with Crippen molar-refractivity contribution in [2.45, 2.75) is 37.8 Å². The van der Waals surface area contributed by atoms with Gasteiger partial charge in [-0.25, -0.2) is 0 Å². The van der Waals surface area contributed by atoms with Crippen LogP contribution in [-0.2, 0) is 0 Å². The molecule has 0 heterocycles. The van der Waals surface area contributed by atoms with Gasteiger partial charge in [-0.1, -0.05) is 18.9 Å². The molecule has 0 aliphatic heterocycles. The minimum Gasteiger partial charge on any atom is -0.391 e. The van der Waals surface area contributed by atoms with Gasteiger partial charge in [-0.2, -0.15) is 0 Å². The van der Waals surface area contributed by atoms with Crippen molar-refractivity contribution in [1.82, 2.24) is 5.32 Å². The monoisotopic (exact) mass is 293 g/mol. The average Bonchev–Trinajstić information content (AvgIpc) is 2.48. The zero-order valence-corrected chi connectivity index (χ0v) is 11.8. The van der Waals surface area contributed by atoms with E-state index in [4.69, 9.17) is 0 Å². The Kier molecular flexibility index (Phi) is 4.74. The Morgan fingerprint density at radius 2 is 2.10 bits per heavy atom. The van der Waals surface area contributed by atoms with Gasteiger partial charge in [0, 0.05) is 13.1 Å². The number of benzene rings is 1. The van der Waals surface area contributed by atoms with Crippen molar-refractivity contribution >= 4 is 17.3 Å². The number of nitrogens with one attached hydrogen (secondary N) is 2. The molecule has 1 aliphatic rings. The first-order chi connectivity index (χ1) is 10.0. The second kappa shape index (κ2) is 6.53. The molecule has 7 heteroatoms. The van der Waals surface area contributed by atoms with E-state index in [2.05, 4.69) is 10.6 Å². The Balaban J connectivity index is 2.22. The van der Waals surface area contributed by atoms with Crippen LogP contribution in [0.3, 0.4) is 0 Å². The van der Waals surface area contributed by atoms with E-state index in [0.29, 0.717) is 6.42 Å². The maximum Gasteiger partial charge on any atom is 0.293 e. The second-order valence-electron chi connectivity index (χ2n) is 5.14. The zero-order chi connectivity index (χ0) is 15.4. The van der Waals surface area contributed by atoms with Crippen LogP contribution < -0.4 is 10.6 Å². The van der Waals surface area contributed by atoms with Crippen LogP contribution in [0, 0.1) is 10.1 Å². The summed E-state index contributed by atoms with van der Waals surface area (Å²) in [6, 6.07) is 4.06. The number of nitro benzene ring substituents is 1. The molecule has 2 atom stereocenters. The lowest BCUT2D eigenvalue weighted by Crippen LogP contribution is -2.45. The number of amides is 1. The normalized spacial score (nSPS) is 21.6. The molecule has 0 bridgehead atoms. The fraction of sp³-hybridized carbons (Fsp3) is 0.500. The van der Waals surface area contributed by atoms with E-state index in [1.165, 1.54) is 25.2 Å². The maximum atomic E-state index is 12.3. The average molecular weight is 293 g/mol. The summed E-state index contributed by atoms with van der Waals surface area (Å²) in [6.07, 6.45) is 2.73. The number of aliphatic hydroxyl groups is 1. The molecule has 0 aromatic heterocycles. The van der Waals surface area contributed by atoms with Gasteiger partial charge in [0.15, 0.2) is 0 Å². The summed E-state index contributed by atoms with van der Waals surface area (Å²) in [5.41, 5.74) is 0.254. The van der Waals surface area contributed by atoms with Crippen molar-refractivity contribution in [3.63, 3.8) is 0 Å². The number of para-hydroxylation sites is 1. The van der Waals surface area contributed by atoms with Crippen molar-refractivity contribution in [3.8, 4) is 0 Å². The molecule has 0 saturated heterocycles. The SMILES string of the molecule is CNc1c(C(=O)NC2CCCCC2O)cccc1[N+](=O)[O-]. The predicted molar refractivity (Wildman–Crippen MR) is 78.4 cm³/mol. The molecule has 114 valence electrons. The van der Waals surface area contributed by atoms with Crippen molar-refractivity contribution in [3.05, 3.63) is 33.9 Å². The molecule has 1 aromatic carbocycles. The van der Waals surface area contributed by atoms with E-state index >= 15 is 0 Å². The van der Waals surface area contributed by atoms with Crippen molar-refractivity contribution in [2.75, 3.05) is 12.4 Å². The van der Waals surface area contributed by atoms with E-state index in [1.54, 1.807) is 0 Å². The van der Waals surface area contributed by atoms with Gasteiger partial charge in [-0.3, -0.25) is 14.9 Å². The van der Waals surface area contributed by atoms with Gasteiger partial charge < -0.3 is 15.7 Å². The van der Waals surface area contributed by atoms with E-state index in [9.17, 15) is 20.0 Å². The Morgan fingerprint density at radius 3 is 2.71 bits per heavy atom. The number of hydrogen-bond donors (Lipinski definition) is 3. The molecule has 0 radical (unpaired) electrons. The van der Waals surface area contributed by atoms with Gasteiger partial charge in [-0.05, 0) is 18.9 Å². The first-order valence-corrected chi connectivity index (χ1v) is 6.98. The quantitative estimate of drug-likeness (QED) is 0.578. The lowest BCUT2D eigenvalue weighted by Gasteiger charge is -2.28. The highest BCUT2D eigenvalue weighted by Crippen LogP contribution is 2.28. The van der Waals surface area contributed by atoms with Gasteiger partial charge in [0.25, 0.3) is 11.6 Å². The van der Waals surface area contributed by atoms with Crippen LogP contribution in [0.1, 0.15) is 36.0 Å². The van der Waals surface area contributed by atoms with Crippen molar-refractivity contribution in [1.29, 1.82) is 0 Å². The fourth-order valence-corrected chi connectivity index (χ4v) is 2.67. The van der Waals surface area contributed by atoms with E-state index < -0.39 is 16.9 Å². The first-order valence-electron chi connectivity index (χ1n) is 6.98. The number of aliphatic hydroxyl groups excluding tert-OH is 1. The Labute approximate surface area is 122 Å². The molecule has 3 N–H and O–H groups in total. The number of nitro groups is 1.